The first-order valence-electron chi connectivity index (χ1n) is 5.50. The number of methoxy groups -OCH3 is 1. The average molecular weight is 278 g/mol. The van der Waals surface area contributed by atoms with Crippen molar-refractivity contribution in [1.29, 1.82) is 0 Å². The lowest BCUT2D eigenvalue weighted by Crippen LogP contribution is -1.93. The highest BCUT2D eigenvalue weighted by atomic mass is 35.5. The second-order valence-electron chi connectivity index (χ2n) is 3.81. The minimum Gasteiger partial charge on any atom is -0.493 e. The molecule has 0 aliphatic rings. The van der Waals surface area contributed by atoms with Gasteiger partial charge in [0.15, 0.2) is 11.5 Å². The molecule has 0 bridgehead atoms. The second kappa shape index (κ2) is 5.63. The van der Waals surface area contributed by atoms with Crippen LogP contribution >= 0.6 is 11.6 Å². The average Bonchev–Trinajstić information content (AvgIpc) is 2.43. The van der Waals surface area contributed by atoms with Gasteiger partial charge in [-0.05, 0) is 30.3 Å². The molecule has 2 N–H and O–H groups in total. The first-order valence-corrected chi connectivity index (χ1v) is 5.88. The number of ether oxygens (including phenoxy) is 2. The van der Waals surface area contributed by atoms with Crippen molar-refractivity contribution in [2.75, 3.05) is 12.8 Å². The van der Waals surface area contributed by atoms with Crippen LogP contribution in [0.1, 0.15) is 10.4 Å². The van der Waals surface area contributed by atoms with Gasteiger partial charge in [0.25, 0.3) is 0 Å². The van der Waals surface area contributed by atoms with Crippen LogP contribution in [0.2, 0.25) is 5.02 Å². The maximum absolute atomic E-state index is 10.7. The van der Waals surface area contributed by atoms with Crippen molar-refractivity contribution in [3.63, 3.8) is 0 Å². The number of rotatable bonds is 4. The number of benzene rings is 2. The number of nitrogen functional groups attached to an aromatic ring is 1. The Hall–Kier alpha value is -2.20. The van der Waals surface area contributed by atoms with E-state index in [0.717, 1.165) is 6.29 Å². The highest BCUT2D eigenvalue weighted by molar-refractivity contribution is 6.33. The Bertz CT molecular complexity index is 614. The van der Waals surface area contributed by atoms with E-state index in [4.69, 9.17) is 26.8 Å². The zero-order chi connectivity index (χ0) is 13.8. The van der Waals surface area contributed by atoms with Crippen LogP contribution in [0.15, 0.2) is 36.4 Å². The summed E-state index contributed by atoms with van der Waals surface area (Å²) in [5, 5.41) is 0.418. The molecule has 0 aliphatic heterocycles. The number of nitrogens with two attached hydrogens (primary N) is 1. The zero-order valence-corrected chi connectivity index (χ0v) is 11.0. The summed E-state index contributed by atoms with van der Waals surface area (Å²) in [6.45, 7) is 0. The van der Waals surface area contributed by atoms with E-state index < -0.39 is 0 Å². The molecule has 0 amide bonds. The van der Waals surface area contributed by atoms with E-state index in [1.165, 1.54) is 7.11 Å². The van der Waals surface area contributed by atoms with Gasteiger partial charge in [0.05, 0.1) is 17.8 Å². The van der Waals surface area contributed by atoms with Crippen molar-refractivity contribution in [3.8, 4) is 17.2 Å². The van der Waals surface area contributed by atoms with E-state index in [0.29, 0.717) is 33.5 Å². The van der Waals surface area contributed by atoms with E-state index in [1.807, 2.05) is 0 Å². The van der Waals surface area contributed by atoms with Crippen LogP contribution in [-0.2, 0) is 0 Å². The third-order valence-electron chi connectivity index (χ3n) is 2.52. The summed E-state index contributed by atoms with van der Waals surface area (Å²) in [5.41, 5.74) is 6.62. The third kappa shape index (κ3) is 2.98. The molecule has 0 aromatic heterocycles. The Morgan fingerprint density at radius 1 is 1.16 bits per heavy atom. The Labute approximate surface area is 115 Å². The van der Waals surface area contributed by atoms with Gasteiger partial charge >= 0.3 is 0 Å². The van der Waals surface area contributed by atoms with Gasteiger partial charge < -0.3 is 15.2 Å². The largest absolute Gasteiger partial charge is 0.493 e. The predicted octanol–water partition coefficient (Wildman–Crippen LogP) is 3.54. The molecule has 0 saturated heterocycles. The van der Waals surface area contributed by atoms with Crippen molar-refractivity contribution in [1.82, 2.24) is 0 Å². The lowest BCUT2D eigenvalue weighted by Gasteiger charge is -2.11. The molecule has 2 rings (SSSR count). The first kappa shape index (κ1) is 13.2. The highest BCUT2D eigenvalue weighted by Crippen LogP contribution is 2.34. The molecule has 5 heteroatoms. The van der Waals surface area contributed by atoms with Crippen molar-refractivity contribution < 1.29 is 14.3 Å². The minimum absolute atomic E-state index is 0.418. The van der Waals surface area contributed by atoms with Gasteiger partial charge in [-0.1, -0.05) is 11.6 Å². The molecule has 0 unspecified atom stereocenters. The molecular weight excluding hydrogens is 266 g/mol. The summed E-state index contributed by atoms with van der Waals surface area (Å²) < 4.78 is 10.8. The van der Waals surface area contributed by atoms with Gasteiger partial charge in [-0.3, -0.25) is 4.79 Å². The van der Waals surface area contributed by atoms with E-state index in [1.54, 1.807) is 36.4 Å². The lowest BCUT2D eigenvalue weighted by molar-refractivity contribution is 0.112. The fourth-order valence-corrected chi connectivity index (χ4v) is 1.71. The molecule has 0 fully saturated rings. The van der Waals surface area contributed by atoms with Crippen LogP contribution in [-0.4, -0.2) is 13.4 Å². The summed E-state index contributed by atoms with van der Waals surface area (Å²) in [7, 11) is 1.51. The van der Waals surface area contributed by atoms with Gasteiger partial charge in [0.1, 0.15) is 12.0 Å². The fourth-order valence-electron chi connectivity index (χ4n) is 1.54. The normalized spacial score (nSPS) is 10.0. The van der Waals surface area contributed by atoms with Crippen molar-refractivity contribution in [2.24, 2.45) is 0 Å². The van der Waals surface area contributed by atoms with Crippen LogP contribution < -0.4 is 15.2 Å². The van der Waals surface area contributed by atoms with E-state index >= 15 is 0 Å². The molecule has 0 radical (unpaired) electrons. The molecule has 2 aromatic carbocycles. The minimum atomic E-state index is 0.418. The number of carbonyl (C=O) groups excluding carboxylic acids is 1. The standard InChI is InChI=1S/C14H12ClNO3/c1-18-14-6-9(8-17)2-5-13(14)19-10-3-4-12(16)11(15)7-10/h2-8H,16H2,1H3. The lowest BCUT2D eigenvalue weighted by atomic mass is 10.2. The van der Waals surface area contributed by atoms with Gasteiger partial charge in [-0.2, -0.15) is 0 Å². The SMILES string of the molecule is COc1cc(C=O)ccc1Oc1ccc(N)c(Cl)c1. The second-order valence-corrected chi connectivity index (χ2v) is 4.22. The molecule has 0 saturated carbocycles. The summed E-state index contributed by atoms with van der Waals surface area (Å²) in [6, 6.07) is 9.88. The molecule has 98 valence electrons. The predicted molar refractivity (Wildman–Crippen MR) is 74.3 cm³/mol. The maximum atomic E-state index is 10.7. The number of aldehydes is 1. The Morgan fingerprint density at radius 3 is 2.58 bits per heavy atom. The van der Waals surface area contributed by atoms with E-state index in [2.05, 4.69) is 0 Å². The number of halogens is 1. The van der Waals surface area contributed by atoms with Crippen molar-refractivity contribution in [2.45, 2.75) is 0 Å². The Balaban J connectivity index is 2.32. The third-order valence-corrected chi connectivity index (χ3v) is 2.85. The first-order chi connectivity index (χ1) is 9.13. The van der Waals surface area contributed by atoms with Crippen molar-refractivity contribution >= 4 is 23.6 Å². The summed E-state index contributed by atoms with van der Waals surface area (Å²) in [4.78, 5) is 10.7. The summed E-state index contributed by atoms with van der Waals surface area (Å²) >= 11 is 5.92. The molecule has 19 heavy (non-hydrogen) atoms. The Kier molecular flexibility index (Phi) is 3.92. The molecule has 0 heterocycles. The zero-order valence-electron chi connectivity index (χ0n) is 10.2. The topological polar surface area (TPSA) is 61.5 Å². The molecule has 0 atom stereocenters. The van der Waals surface area contributed by atoms with Crippen LogP contribution in [0.3, 0.4) is 0 Å². The molecule has 2 aromatic rings. The quantitative estimate of drug-likeness (QED) is 0.686. The van der Waals surface area contributed by atoms with Crippen LogP contribution in [0.4, 0.5) is 5.69 Å². The van der Waals surface area contributed by atoms with Crippen LogP contribution in [0, 0.1) is 0 Å². The van der Waals surface area contributed by atoms with Gasteiger partial charge in [-0.25, -0.2) is 0 Å². The smallest absolute Gasteiger partial charge is 0.169 e. The number of carbonyl (C=O) groups is 1. The Morgan fingerprint density at radius 2 is 1.95 bits per heavy atom. The van der Waals surface area contributed by atoms with Gasteiger partial charge in [-0.15, -0.1) is 0 Å². The van der Waals surface area contributed by atoms with E-state index in [-0.39, 0.29) is 0 Å². The van der Waals surface area contributed by atoms with Gasteiger partial charge in [0, 0.05) is 11.6 Å². The fraction of sp³-hybridized carbons (Fsp3) is 0.0714. The maximum Gasteiger partial charge on any atom is 0.169 e. The molecule has 4 nitrogen and oxygen atoms in total. The van der Waals surface area contributed by atoms with Gasteiger partial charge in [0.2, 0.25) is 0 Å². The summed E-state index contributed by atoms with van der Waals surface area (Å²) in [5.74, 6) is 1.50. The van der Waals surface area contributed by atoms with E-state index in [9.17, 15) is 4.79 Å². The molecule has 0 spiro atoms. The highest BCUT2D eigenvalue weighted by Gasteiger charge is 2.08. The summed E-state index contributed by atoms with van der Waals surface area (Å²) in [6.07, 6.45) is 0.742. The number of hydrogen-bond donors (Lipinski definition) is 1. The van der Waals surface area contributed by atoms with Crippen LogP contribution in [0.5, 0.6) is 17.2 Å². The molecule has 0 aliphatic carbocycles. The molecular formula is C14H12ClNO3. The number of anilines is 1. The van der Waals surface area contributed by atoms with Crippen LogP contribution in [0.25, 0.3) is 0 Å². The monoisotopic (exact) mass is 277 g/mol. The van der Waals surface area contributed by atoms with Crippen molar-refractivity contribution in [3.05, 3.63) is 47.0 Å². The number of hydrogen-bond acceptors (Lipinski definition) is 4.